The Morgan fingerprint density at radius 2 is 2.47 bits per heavy atom. The predicted molar refractivity (Wildman–Crippen MR) is 62.7 cm³/mol. The highest BCUT2D eigenvalue weighted by Crippen LogP contribution is 2.07. The number of aromatic amines is 1. The Kier molecular flexibility index (Phi) is 3.75. The number of carbonyl (C=O) groups excluding carboxylic acids is 1. The number of hydrogen-bond acceptors (Lipinski definition) is 4. The summed E-state index contributed by atoms with van der Waals surface area (Å²) in [5.74, 6) is -0.108. The number of β-amino-alcohol motifs (C(OH)–C–C–N with tert-alkyl or cyclic N) is 1. The quantitative estimate of drug-likeness (QED) is 0.557. The minimum Gasteiger partial charge on any atom is -0.391 e. The van der Waals surface area contributed by atoms with Crippen LogP contribution in [0, 0.1) is 5.92 Å². The first-order valence-electron chi connectivity index (χ1n) is 5.92. The largest absolute Gasteiger partial charge is 0.391 e. The van der Waals surface area contributed by atoms with Crippen molar-refractivity contribution in [2.75, 3.05) is 19.6 Å². The van der Waals surface area contributed by atoms with Crippen LogP contribution in [-0.2, 0) is 6.42 Å². The van der Waals surface area contributed by atoms with Gasteiger partial charge in [0.2, 0.25) is 0 Å². The average Bonchev–Trinajstić information content (AvgIpc) is 2.94. The summed E-state index contributed by atoms with van der Waals surface area (Å²) in [4.78, 5) is 11.7. The zero-order valence-corrected chi connectivity index (χ0v) is 9.86. The molecule has 0 aliphatic carbocycles. The van der Waals surface area contributed by atoms with Crippen molar-refractivity contribution in [3.63, 3.8) is 0 Å². The first kappa shape index (κ1) is 12.1. The molecule has 1 aliphatic rings. The summed E-state index contributed by atoms with van der Waals surface area (Å²) >= 11 is 0. The zero-order chi connectivity index (χ0) is 12.3. The van der Waals surface area contributed by atoms with E-state index in [1.165, 1.54) is 0 Å². The summed E-state index contributed by atoms with van der Waals surface area (Å²) in [6, 6.07) is 1.75. The summed E-state index contributed by atoms with van der Waals surface area (Å²) in [6.07, 6.45) is 0.451. The number of H-pyrrole nitrogens is 1. The molecule has 0 spiro atoms. The summed E-state index contributed by atoms with van der Waals surface area (Å²) in [6.45, 7) is 3.81. The summed E-state index contributed by atoms with van der Waals surface area (Å²) in [5, 5.41) is 22.2. The number of carbonyl (C=O) groups is 1. The molecule has 0 aromatic carbocycles. The van der Waals surface area contributed by atoms with Crippen LogP contribution in [-0.4, -0.2) is 46.9 Å². The number of aliphatic hydroxyl groups is 1. The van der Waals surface area contributed by atoms with Crippen molar-refractivity contribution in [1.29, 1.82) is 0 Å². The molecule has 2 heterocycles. The van der Waals surface area contributed by atoms with E-state index in [2.05, 4.69) is 20.8 Å². The van der Waals surface area contributed by atoms with E-state index in [0.717, 1.165) is 18.7 Å². The number of hydrogen-bond donors (Lipinski definition) is 4. The van der Waals surface area contributed by atoms with Crippen LogP contribution in [0.15, 0.2) is 6.07 Å². The lowest BCUT2D eigenvalue weighted by Gasteiger charge is -2.13. The Labute approximate surface area is 99.8 Å². The fraction of sp³-hybridized carbons (Fsp3) is 0.636. The summed E-state index contributed by atoms with van der Waals surface area (Å²) in [7, 11) is 0. The lowest BCUT2D eigenvalue weighted by Crippen LogP contribution is -2.34. The third-order valence-electron chi connectivity index (χ3n) is 3.07. The van der Waals surface area contributed by atoms with Gasteiger partial charge in [0, 0.05) is 31.2 Å². The van der Waals surface area contributed by atoms with Gasteiger partial charge in [-0.05, 0) is 12.5 Å². The number of aryl methyl sites for hydroxylation is 1. The van der Waals surface area contributed by atoms with E-state index in [9.17, 15) is 9.90 Å². The minimum absolute atomic E-state index is 0.0866. The van der Waals surface area contributed by atoms with Gasteiger partial charge in [-0.3, -0.25) is 9.89 Å². The maximum atomic E-state index is 11.7. The molecule has 2 unspecified atom stereocenters. The van der Waals surface area contributed by atoms with Crippen molar-refractivity contribution in [2.45, 2.75) is 19.4 Å². The Hall–Kier alpha value is -1.40. The van der Waals surface area contributed by atoms with Crippen LogP contribution < -0.4 is 10.6 Å². The van der Waals surface area contributed by atoms with Gasteiger partial charge >= 0.3 is 0 Å². The molecular formula is C11H18N4O2. The average molecular weight is 238 g/mol. The molecule has 6 heteroatoms. The molecule has 1 aromatic heterocycles. The lowest BCUT2D eigenvalue weighted by atomic mass is 10.1. The second-order valence-electron chi connectivity index (χ2n) is 4.33. The number of amides is 1. The first-order valence-corrected chi connectivity index (χ1v) is 5.92. The van der Waals surface area contributed by atoms with Gasteiger partial charge < -0.3 is 15.7 Å². The second kappa shape index (κ2) is 5.29. The van der Waals surface area contributed by atoms with Crippen molar-refractivity contribution in [2.24, 2.45) is 5.92 Å². The SMILES string of the molecule is CCc1cc(C(=O)NCC2CNCC2O)n[nH]1. The van der Waals surface area contributed by atoms with Gasteiger partial charge in [0.1, 0.15) is 5.69 Å². The zero-order valence-electron chi connectivity index (χ0n) is 9.86. The van der Waals surface area contributed by atoms with Crippen LogP contribution in [0.5, 0.6) is 0 Å². The van der Waals surface area contributed by atoms with E-state index < -0.39 is 0 Å². The van der Waals surface area contributed by atoms with Crippen molar-refractivity contribution in [3.8, 4) is 0 Å². The fourth-order valence-corrected chi connectivity index (χ4v) is 1.90. The molecular weight excluding hydrogens is 220 g/mol. The monoisotopic (exact) mass is 238 g/mol. The van der Waals surface area contributed by atoms with Crippen LogP contribution in [0.3, 0.4) is 0 Å². The molecule has 94 valence electrons. The van der Waals surface area contributed by atoms with Crippen LogP contribution in [0.2, 0.25) is 0 Å². The van der Waals surface area contributed by atoms with Crippen molar-refractivity contribution < 1.29 is 9.90 Å². The molecule has 6 nitrogen and oxygen atoms in total. The molecule has 0 saturated carbocycles. The van der Waals surface area contributed by atoms with Crippen molar-refractivity contribution in [3.05, 3.63) is 17.5 Å². The van der Waals surface area contributed by atoms with Crippen LogP contribution in [0.4, 0.5) is 0 Å². The van der Waals surface area contributed by atoms with E-state index in [0.29, 0.717) is 18.8 Å². The molecule has 1 aliphatic heterocycles. The Balaban J connectivity index is 1.84. The molecule has 0 bridgehead atoms. The van der Waals surface area contributed by atoms with Gasteiger partial charge in [0.15, 0.2) is 0 Å². The Morgan fingerprint density at radius 3 is 3.06 bits per heavy atom. The van der Waals surface area contributed by atoms with Crippen LogP contribution in [0.1, 0.15) is 23.1 Å². The van der Waals surface area contributed by atoms with E-state index in [4.69, 9.17) is 0 Å². The molecule has 4 N–H and O–H groups in total. The van der Waals surface area contributed by atoms with Gasteiger partial charge in [0.05, 0.1) is 6.10 Å². The van der Waals surface area contributed by atoms with Crippen molar-refractivity contribution >= 4 is 5.91 Å². The maximum Gasteiger partial charge on any atom is 0.271 e. The molecule has 1 fully saturated rings. The molecule has 1 amide bonds. The van der Waals surface area contributed by atoms with Gasteiger partial charge in [0.25, 0.3) is 5.91 Å². The van der Waals surface area contributed by atoms with Gasteiger partial charge in [-0.15, -0.1) is 0 Å². The third kappa shape index (κ3) is 2.83. The number of nitrogens with one attached hydrogen (secondary N) is 3. The number of rotatable bonds is 4. The third-order valence-corrected chi connectivity index (χ3v) is 3.07. The highest BCUT2D eigenvalue weighted by Gasteiger charge is 2.25. The fourth-order valence-electron chi connectivity index (χ4n) is 1.90. The molecule has 0 radical (unpaired) electrons. The highest BCUT2D eigenvalue weighted by atomic mass is 16.3. The number of aromatic nitrogens is 2. The highest BCUT2D eigenvalue weighted by molar-refractivity contribution is 5.92. The van der Waals surface area contributed by atoms with Crippen LogP contribution in [0.25, 0.3) is 0 Å². The van der Waals surface area contributed by atoms with E-state index in [1.807, 2.05) is 6.92 Å². The lowest BCUT2D eigenvalue weighted by molar-refractivity contribution is 0.0922. The first-order chi connectivity index (χ1) is 8.20. The normalized spacial score (nSPS) is 23.9. The Bertz CT molecular complexity index is 391. The minimum atomic E-state index is -0.374. The number of aliphatic hydroxyl groups excluding tert-OH is 1. The molecule has 1 saturated heterocycles. The second-order valence-corrected chi connectivity index (χ2v) is 4.33. The van der Waals surface area contributed by atoms with Gasteiger partial charge in [-0.25, -0.2) is 0 Å². The molecule has 2 rings (SSSR count). The molecule has 17 heavy (non-hydrogen) atoms. The van der Waals surface area contributed by atoms with E-state index in [1.54, 1.807) is 6.07 Å². The summed E-state index contributed by atoms with van der Waals surface area (Å²) < 4.78 is 0. The van der Waals surface area contributed by atoms with Gasteiger partial charge in [-0.2, -0.15) is 5.10 Å². The van der Waals surface area contributed by atoms with E-state index >= 15 is 0 Å². The summed E-state index contributed by atoms with van der Waals surface area (Å²) in [5.41, 5.74) is 1.35. The number of nitrogens with zero attached hydrogens (tertiary/aromatic N) is 1. The molecule has 1 aromatic rings. The Morgan fingerprint density at radius 1 is 1.65 bits per heavy atom. The molecule has 2 atom stereocenters. The topological polar surface area (TPSA) is 90.0 Å². The standard InChI is InChI=1S/C11H18N4O2/c1-2-8-3-9(15-14-8)11(17)13-5-7-4-12-6-10(7)16/h3,7,10,12,16H,2,4-6H2,1H3,(H,13,17)(H,14,15). The predicted octanol–water partition coefficient (Wildman–Crippen LogP) is -0.718. The van der Waals surface area contributed by atoms with Crippen molar-refractivity contribution in [1.82, 2.24) is 20.8 Å². The maximum absolute atomic E-state index is 11.7. The van der Waals surface area contributed by atoms with E-state index in [-0.39, 0.29) is 17.9 Å². The van der Waals surface area contributed by atoms with Crippen LogP contribution >= 0.6 is 0 Å². The smallest absolute Gasteiger partial charge is 0.271 e. The van der Waals surface area contributed by atoms with Gasteiger partial charge in [-0.1, -0.05) is 6.92 Å².